The zero-order valence-electron chi connectivity index (χ0n) is 18.8. The van der Waals surface area contributed by atoms with Gasteiger partial charge in [-0.15, -0.1) is 0 Å². The number of nitrogens with zero attached hydrogens (tertiary/aromatic N) is 1. The van der Waals surface area contributed by atoms with Crippen molar-refractivity contribution >= 4 is 27.5 Å². The Morgan fingerprint density at radius 3 is 2.06 bits per heavy atom. The van der Waals surface area contributed by atoms with Gasteiger partial charge in [0.15, 0.2) is 6.10 Å². The number of esters is 1. The van der Waals surface area contributed by atoms with Crippen LogP contribution in [0.4, 0.5) is 5.69 Å². The molecule has 0 unspecified atom stereocenters. The number of ketones is 1. The minimum Gasteiger partial charge on any atom is -0.495 e. The van der Waals surface area contributed by atoms with Crippen molar-refractivity contribution in [1.29, 1.82) is 0 Å². The van der Waals surface area contributed by atoms with Crippen LogP contribution in [0.2, 0.25) is 0 Å². The molecule has 3 rings (SSSR count). The van der Waals surface area contributed by atoms with Gasteiger partial charge >= 0.3 is 5.97 Å². The minimum atomic E-state index is -3.90. The Balaban J connectivity index is 1.74. The number of carbonyl (C=O) groups is 2. The fraction of sp³-hybridized carbons (Fsp3) is 0.200. The molecule has 0 radical (unpaired) electrons. The highest BCUT2D eigenvalue weighted by Gasteiger charge is 2.25. The number of methoxy groups -OCH3 is 1. The van der Waals surface area contributed by atoms with E-state index in [1.54, 1.807) is 36.4 Å². The van der Waals surface area contributed by atoms with E-state index in [4.69, 9.17) is 9.47 Å². The summed E-state index contributed by atoms with van der Waals surface area (Å²) in [6.07, 6.45) is -0.986. The van der Waals surface area contributed by atoms with Gasteiger partial charge in [-0.2, -0.15) is 0 Å². The highest BCUT2D eigenvalue weighted by Crippen LogP contribution is 2.30. The fourth-order valence-electron chi connectivity index (χ4n) is 3.18. The van der Waals surface area contributed by atoms with E-state index < -0.39 is 22.1 Å². The number of hydrogen-bond donors (Lipinski definition) is 0. The first kappa shape index (κ1) is 24.0. The smallest absolute Gasteiger partial charge is 0.338 e. The lowest BCUT2D eigenvalue weighted by molar-refractivity contribution is 0.0318. The number of para-hydroxylation sites is 2. The minimum absolute atomic E-state index is 0.00348. The molecular formula is C25H25NO6S. The number of rotatable bonds is 8. The Morgan fingerprint density at radius 1 is 0.879 bits per heavy atom. The maximum atomic E-state index is 13.0. The van der Waals surface area contributed by atoms with Crippen LogP contribution in [0.15, 0.2) is 77.7 Å². The standard InChI is InChI=1S/C25H25NO6S/c1-17-9-11-19(12-10-17)24(27)18(2)32-25(28)20-13-15-21(16-14-20)33(29,30)26(3)22-7-5-6-8-23(22)31-4/h5-16,18H,1-4H3/t18-/m0/s1. The molecule has 0 heterocycles. The van der Waals surface area contributed by atoms with E-state index in [-0.39, 0.29) is 16.2 Å². The number of hydrogen-bond acceptors (Lipinski definition) is 6. The second kappa shape index (κ2) is 9.87. The molecule has 172 valence electrons. The van der Waals surface area contributed by atoms with Gasteiger partial charge in [0.2, 0.25) is 5.78 Å². The van der Waals surface area contributed by atoms with Gasteiger partial charge in [-0.3, -0.25) is 9.10 Å². The molecule has 3 aromatic rings. The summed E-state index contributed by atoms with van der Waals surface area (Å²) in [4.78, 5) is 25.0. The SMILES string of the molecule is COc1ccccc1N(C)S(=O)(=O)c1ccc(C(=O)O[C@@H](C)C(=O)c2ccc(C)cc2)cc1. The zero-order valence-corrected chi connectivity index (χ0v) is 19.6. The number of carbonyl (C=O) groups excluding carboxylic acids is 2. The third-order valence-electron chi connectivity index (χ3n) is 5.16. The zero-order chi connectivity index (χ0) is 24.2. The molecule has 8 heteroatoms. The van der Waals surface area contributed by atoms with Gasteiger partial charge < -0.3 is 9.47 Å². The van der Waals surface area contributed by atoms with Crippen LogP contribution in [-0.4, -0.2) is 40.4 Å². The largest absolute Gasteiger partial charge is 0.495 e. The molecule has 0 aliphatic carbocycles. The van der Waals surface area contributed by atoms with Crippen LogP contribution in [0.3, 0.4) is 0 Å². The Morgan fingerprint density at radius 2 is 1.45 bits per heavy atom. The van der Waals surface area contributed by atoms with Gasteiger partial charge in [-0.25, -0.2) is 13.2 Å². The van der Waals surface area contributed by atoms with Crippen LogP contribution < -0.4 is 9.04 Å². The van der Waals surface area contributed by atoms with Crippen molar-refractivity contribution in [3.63, 3.8) is 0 Å². The van der Waals surface area contributed by atoms with Crippen LogP contribution in [-0.2, 0) is 14.8 Å². The number of sulfonamides is 1. The van der Waals surface area contributed by atoms with Gasteiger partial charge in [0, 0.05) is 12.6 Å². The fourth-order valence-corrected chi connectivity index (χ4v) is 4.38. The Hall–Kier alpha value is -3.65. The monoisotopic (exact) mass is 467 g/mol. The maximum absolute atomic E-state index is 13.0. The summed E-state index contributed by atoms with van der Waals surface area (Å²) in [7, 11) is -1.01. The molecule has 0 spiro atoms. The molecule has 0 saturated carbocycles. The first-order valence-corrected chi connectivity index (χ1v) is 11.6. The Bertz CT molecular complexity index is 1250. The molecule has 1 atom stereocenters. The topological polar surface area (TPSA) is 90.0 Å². The van der Waals surface area contributed by atoms with Crippen LogP contribution in [0, 0.1) is 6.92 Å². The lowest BCUT2D eigenvalue weighted by Gasteiger charge is -2.21. The first-order valence-electron chi connectivity index (χ1n) is 10.2. The molecule has 0 aromatic heterocycles. The number of aryl methyl sites for hydroxylation is 1. The van der Waals surface area contributed by atoms with Crippen molar-refractivity contribution in [2.45, 2.75) is 24.8 Å². The van der Waals surface area contributed by atoms with Crippen LogP contribution in [0.5, 0.6) is 5.75 Å². The molecular weight excluding hydrogens is 442 g/mol. The van der Waals surface area contributed by atoms with Gasteiger partial charge in [0.05, 0.1) is 23.3 Å². The summed E-state index contributed by atoms with van der Waals surface area (Å²) in [5.74, 6) is -0.623. The van der Waals surface area contributed by atoms with E-state index in [2.05, 4.69) is 0 Å². The molecule has 0 aliphatic rings. The molecule has 0 amide bonds. The molecule has 7 nitrogen and oxygen atoms in total. The van der Waals surface area contributed by atoms with Gasteiger partial charge in [0.25, 0.3) is 10.0 Å². The van der Waals surface area contributed by atoms with E-state index in [1.165, 1.54) is 45.3 Å². The van der Waals surface area contributed by atoms with Crippen molar-refractivity contribution in [3.05, 3.63) is 89.5 Å². The summed E-state index contributed by atoms with van der Waals surface area (Å²) < 4.78 is 37.7. The number of ether oxygens (including phenoxy) is 2. The van der Waals surface area contributed by atoms with E-state index in [1.807, 2.05) is 19.1 Å². The van der Waals surface area contributed by atoms with Crippen LogP contribution in [0.1, 0.15) is 33.2 Å². The van der Waals surface area contributed by atoms with Crippen molar-refractivity contribution in [2.75, 3.05) is 18.5 Å². The van der Waals surface area contributed by atoms with E-state index in [0.29, 0.717) is 17.0 Å². The second-order valence-electron chi connectivity index (χ2n) is 7.45. The van der Waals surface area contributed by atoms with Crippen molar-refractivity contribution in [1.82, 2.24) is 0 Å². The number of anilines is 1. The number of Topliss-reactive ketones (excluding diaryl/α,β-unsaturated/α-hetero) is 1. The second-order valence-corrected chi connectivity index (χ2v) is 9.42. The quantitative estimate of drug-likeness (QED) is 0.363. The molecule has 0 bridgehead atoms. The normalized spacial score (nSPS) is 12.0. The predicted octanol–water partition coefficient (Wildman–Crippen LogP) is 4.26. The lowest BCUT2D eigenvalue weighted by atomic mass is 10.1. The first-order chi connectivity index (χ1) is 15.6. The molecule has 0 fully saturated rings. The van der Waals surface area contributed by atoms with Crippen molar-refractivity contribution in [3.8, 4) is 5.75 Å². The van der Waals surface area contributed by atoms with Crippen molar-refractivity contribution < 1.29 is 27.5 Å². The third-order valence-corrected chi connectivity index (χ3v) is 6.95. The Labute approximate surface area is 193 Å². The summed E-state index contributed by atoms with van der Waals surface area (Å²) in [5.41, 5.74) is 1.98. The average molecular weight is 468 g/mol. The lowest BCUT2D eigenvalue weighted by Crippen LogP contribution is -2.27. The summed E-state index contributed by atoms with van der Waals surface area (Å²) in [6, 6.07) is 19.1. The summed E-state index contributed by atoms with van der Waals surface area (Å²) in [6.45, 7) is 3.41. The van der Waals surface area contributed by atoms with E-state index in [9.17, 15) is 18.0 Å². The van der Waals surface area contributed by atoms with Gasteiger partial charge in [-0.05, 0) is 50.2 Å². The van der Waals surface area contributed by atoms with Gasteiger partial charge in [0.1, 0.15) is 5.75 Å². The summed E-state index contributed by atoms with van der Waals surface area (Å²) in [5, 5.41) is 0. The highest BCUT2D eigenvalue weighted by atomic mass is 32.2. The number of benzene rings is 3. The highest BCUT2D eigenvalue weighted by molar-refractivity contribution is 7.92. The van der Waals surface area contributed by atoms with Crippen LogP contribution >= 0.6 is 0 Å². The van der Waals surface area contributed by atoms with Crippen molar-refractivity contribution in [2.24, 2.45) is 0 Å². The molecule has 3 aromatic carbocycles. The average Bonchev–Trinajstić information content (AvgIpc) is 2.83. The molecule has 0 saturated heterocycles. The van der Waals surface area contributed by atoms with E-state index >= 15 is 0 Å². The Kier molecular flexibility index (Phi) is 7.18. The van der Waals surface area contributed by atoms with E-state index in [0.717, 1.165) is 9.87 Å². The predicted molar refractivity (Wildman–Crippen MR) is 125 cm³/mol. The van der Waals surface area contributed by atoms with Gasteiger partial charge in [-0.1, -0.05) is 42.0 Å². The van der Waals surface area contributed by atoms with Crippen LogP contribution in [0.25, 0.3) is 0 Å². The molecule has 0 N–H and O–H groups in total. The summed E-state index contributed by atoms with van der Waals surface area (Å²) >= 11 is 0. The molecule has 33 heavy (non-hydrogen) atoms. The molecule has 0 aliphatic heterocycles. The third kappa shape index (κ3) is 5.23. The maximum Gasteiger partial charge on any atom is 0.338 e.